The van der Waals surface area contributed by atoms with Crippen LogP contribution in [0.15, 0.2) is 28.7 Å². The topological polar surface area (TPSA) is 0 Å². The van der Waals surface area contributed by atoms with Crippen molar-refractivity contribution < 1.29 is 4.39 Å². The molecule has 0 amide bonds. The van der Waals surface area contributed by atoms with Crippen LogP contribution in [0.2, 0.25) is 0 Å². The first-order valence-electron chi connectivity index (χ1n) is 3.85. The van der Waals surface area contributed by atoms with Gasteiger partial charge in [0.05, 0.1) is 0 Å². The largest absolute Gasteiger partial charge is 0.206 e. The average Bonchev–Trinajstić information content (AvgIpc) is 2.03. The van der Waals surface area contributed by atoms with Crippen molar-refractivity contribution in [2.75, 3.05) is 0 Å². The van der Waals surface area contributed by atoms with Crippen LogP contribution in [0.3, 0.4) is 0 Å². The maximum atomic E-state index is 13.1. The van der Waals surface area contributed by atoms with E-state index in [1.807, 2.05) is 19.1 Å². The van der Waals surface area contributed by atoms with Gasteiger partial charge in [-0.15, -0.1) is 0 Å². The third-order valence-electron chi connectivity index (χ3n) is 1.50. The monoisotopic (exact) mass is 228 g/mol. The van der Waals surface area contributed by atoms with E-state index in [1.165, 1.54) is 6.07 Å². The van der Waals surface area contributed by atoms with E-state index in [-0.39, 0.29) is 5.82 Å². The SMILES string of the molecule is CC/C=C/c1ccc(Br)cc1F. The second-order valence-electron chi connectivity index (χ2n) is 2.48. The van der Waals surface area contributed by atoms with Crippen LogP contribution in [0.5, 0.6) is 0 Å². The van der Waals surface area contributed by atoms with Crippen molar-refractivity contribution in [3.8, 4) is 0 Å². The molecule has 1 rings (SSSR count). The van der Waals surface area contributed by atoms with Crippen molar-refractivity contribution in [3.05, 3.63) is 40.1 Å². The van der Waals surface area contributed by atoms with Crippen LogP contribution in [-0.4, -0.2) is 0 Å². The molecule has 0 saturated carbocycles. The molecule has 1 aromatic carbocycles. The first-order valence-corrected chi connectivity index (χ1v) is 4.65. The summed E-state index contributed by atoms with van der Waals surface area (Å²) in [5, 5.41) is 0. The Hall–Kier alpha value is -0.630. The molecule has 64 valence electrons. The molecule has 0 heterocycles. The maximum absolute atomic E-state index is 13.1. The lowest BCUT2D eigenvalue weighted by molar-refractivity contribution is 0.624. The quantitative estimate of drug-likeness (QED) is 0.718. The Labute approximate surface area is 80.2 Å². The molecular formula is C10H10BrF. The Bertz CT molecular complexity index is 292. The van der Waals surface area contributed by atoms with Gasteiger partial charge in [0.2, 0.25) is 0 Å². The minimum Gasteiger partial charge on any atom is -0.206 e. The van der Waals surface area contributed by atoms with Gasteiger partial charge in [-0.1, -0.05) is 41.1 Å². The second-order valence-corrected chi connectivity index (χ2v) is 3.39. The Morgan fingerprint density at radius 3 is 2.83 bits per heavy atom. The van der Waals surface area contributed by atoms with Gasteiger partial charge in [-0.05, 0) is 18.6 Å². The number of halogens is 2. The first-order chi connectivity index (χ1) is 5.74. The van der Waals surface area contributed by atoms with Gasteiger partial charge in [-0.3, -0.25) is 0 Å². The summed E-state index contributed by atoms with van der Waals surface area (Å²) < 4.78 is 13.9. The van der Waals surface area contributed by atoms with Gasteiger partial charge in [0, 0.05) is 10.0 Å². The molecule has 0 atom stereocenters. The van der Waals surface area contributed by atoms with Crippen molar-refractivity contribution in [1.29, 1.82) is 0 Å². The predicted molar refractivity (Wildman–Crippen MR) is 53.4 cm³/mol. The Balaban J connectivity index is 2.94. The smallest absolute Gasteiger partial charge is 0.131 e. The van der Waals surface area contributed by atoms with Gasteiger partial charge in [0.25, 0.3) is 0 Å². The van der Waals surface area contributed by atoms with E-state index in [4.69, 9.17) is 0 Å². The van der Waals surface area contributed by atoms with E-state index < -0.39 is 0 Å². The minimum atomic E-state index is -0.186. The third-order valence-corrected chi connectivity index (χ3v) is 1.99. The summed E-state index contributed by atoms with van der Waals surface area (Å²) in [6.45, 7) is 2.02. The lowest BCUT2D eigenvalue weighted by Gasteiger charge is -1.96. The summed E-state index contributed by atoms with van der Waals surface area (Å²) in [6, 6.07) is 5.05. The van der Waals surface area contributed by atoms with Gasteiger partial charge >= 0.3 is 0 Å². The number of benzene rings is 1. The van der Waals surface area contributed by atoms with Crippen molar-refractivity contribution in [2.45, 2.75) is 13.3 Å². The van der Waals surface area contributed by atoms with Crippen LogP contribution in [0.25, 0.3) is 6.08 Å². The van der Waals surface area contributed by atoms with Gasteiger partial charge in [-0.2, -0.15) is 0 Å². The van der Waals surface area contributed by atoms with E-state index in [2.05, 4.69) is 15.9 Å². The number of allylic oxidation sites excluding steroid dienone is 1. The van der Waals surface area contributed by atoms with Gasteiger partial charge in [0.15, 0.2) is 0 Å². The fourth-order valence-corrected chi connectivity index (χ4v) is 1.21. The summed E-state index contributed by atoms with van der Waals surface area (Å²) in [6.07, 6.45) is 4.66. The fourth-order valence-electron chi connectivity index (χ4n) is 0.881. The Morgan fingerprint density at radius 1 is 1.50 bits per heavy atom. The molecule has 0 aliphatic heterocycles. The normalized spacial score (nSPS) is 10.9. The molecule has 0 aliphatic carbocycles. The number of hydrogen-bond acceptors (Lipinski definition) is 0. The lowest BCUT2D eigenvalue weighted by Crippen LogP contribution is -1.80. The van der Waals surface area contributed by atoms with Crippen LogP contribution in [0.4, 0.5) is 4.39 Å². The fraction of sp³-hybridized carbons (Fsp3) is 0.200. The predicted octanol–water partition coefficient (Wildman–Crippen LogP) is 4.01. The Kier molecular flexibility index (Phi) is 3.48. The zero-order chi connectivity index (χ0) is 8.97. The first kappa shape index (κ1) is 9.46. The standard InChI is InChI=1S/C10H10BrF/c1-2-3-4-8-5-6-9(11)7-10(8)12/h3-7H,2H2,1H3/b4-3+. The molecule has 0 spiro atoms. The van der Waals surface area contributed by atoms with Gasteiger partial charge in [-0.25, -0.2) is 4.39 Å². The molecular weight excluding hydrogens is 219 g/mol. The molecule has 1 aromatic rings. The highest BCUT2D eigenvalue weighted by Gasteiger charge is 1.97. The highest BCUT2D eigenvalue weighted by Crippen LogP contribution is 2.16. The van der Waals surface area contributed by atoms with Crippen LogP contribution in [-0.2, 0) is 0 Å². The summed E-state index contributed by atoms with van der Waals surface area (Å²) in [5.74, 6) is -0.186. The summed E-state index contributed by atoms with van der Waals surface area (Å²) >= 11 is 3.20. The van der Waals surface area contributed by atoms with Crippen molar-refractivity contribution in [1.82, 2.24) is 0 Å². The molecule has 0 aliphatic rings. The molecule has 12 heavy (non-hydrogen) atoms. The molecule has 0 nitrogen and oxygen atoms in total. The second kappa shape index (κ2) is 4.41. The molecule has 0 unspecified atom stereocenters. The summed E-state index contributed by atoms with van der Waals surface area (Å²) in [7, 11) is 0. The van der Waals surface area contributed by atoms with Gasteiger partial charge in [0.1, 0.15) is 5.82 Å². The highest BCUT2D eigenvalue weighted by atomic mass is 79.9. The molecule has 0 fully saturated rings. The van der Waals surface area contributed by atoms with E-state index >= 15 is 0 Å². The van der Waals surface area contributed by atoms with E-state index in [9.17, 15) is 4.39 Å². The third kappa shape index (κ3) is 2.45. The molecule has 2 heteroatoms. The van der Waals surface area contributed by atoms with Crippen molar-refractivity contribution in [2.24, 2.45) is 0 Å². The zero-order valence-electron chi connectivity index (χ0n) is 6.85. The summed E-state index contributed by atoms with van der Waals surface area (Å²) in [4.78, 5) is 0. The van der Waals surface area contributed by atoms with Crippen molar-refractivity contribution >= 4 is 22.0 Å². The molecule has 0 N–H and O–H groups in total. The highest BCUT2D eigenvalue weighted by molar-refractivity contribution is 9.10. The van der Waals surface area contributed by atoms with Crippen molar-refractivity contribution in [3.63, 3.8) is 0 Å². The van der Waals surface area contributed by atoms with Crippen LogP contribution < -0.4 is 0 Å². The zero-order valence-corrected chi connectivity index (χ0v) is 8.44. The molecule has 0 aromatic heterocycles. The van der Waals surface area contributed by atoms with E-state index in [0.717, 1.165) is 10.9 Å². The number of rotatable bonds is 2. The average molecular weight is 229 g/mol. The Morgan fingerprint density at radius 2 is 2.25 bits per heavy atom. The summed E-state index contributed by atoms with van der Waals surface area (Å²) in [5.41, 5.74) is 0.639. The van der Waals surface area contributed by atoms with Crippen LogP contribution >= 0.6 is 15.9 Å². The van der Waals surface area contributed by atoms with E-state index in [0.29, 0.717) is 5.56 Å². The van der Waals surface area contributed by atoms with Crippen LogP contribution in [0, 0.1) is 5.82 Å². The molecule has 0 saturated heterocycles. The minimum absolute atomic E-state index is 0.186. The van der Waals surface area contributed by atoms with Gasteiger partial charge < -0.3 is 0 Å². The van der Waals surface area contributed by atoms with E-state index in [1.54, 1.807) is 12.1 Å². The molecule has 0 radical (unpaired) electrons. The van der Waals surface area contributed by atoms with Crippen LogP contribution in [0.1, 0.15) is 18.9 Å². The lowest BCUT2D eigenvalue weighted by atomic mass is 10.2. The maximum Gasteiger partial charge on any atom is 0.131 e. The molecule has 0 bridgehead atoms. The number of hydrogen-bond donors (Lipinski definition) is 0.